The number of carbonyl (C=O) groups is 5. The minimum absolute atomic E-state index is 0.0377. The smallest absolute Gasteiger partial charge is 0.326 e. The Kier molecular flexibility index (Phi) is 12.1. The predicted molar refractivity (Wildman–Crippen MR) is 143 cm³/mol. The van der Waals surface area contributed by atoms with Crippen molar-refractivity contribution in [3.63, 3.8) is 0 Å². The fourth-order valence-corrected chi connectivity index (χ4v) is 3.87. The van der Waals surface area contributed by atoms with Gasteiger partial charge in [-0.05, 0) is 29.9 Å². The van der Waals surface area contributed by atoms with Gasteiger partial charge in [0, 0.05) is 12.8 Å². The maximum Gasteiger partial charge on any atom is 0.326 e. The molecule has 11 nitrogen and oxygen atoms in total. The molecule has 0 radical (unpaired) electrons. The second kappa shape index (κ2) is 15.2. The number of hydrogen-bond donors (Lipinski definition) is 6. The standard InChI is InChI=1S/C28H36N4O7/c1-17(2)24(32-25(35)20(29)15-18-9-5-3-6-10-18)27(37)31-22(16-19-11-7-4-8-12-19)26(36)30-21(28(38)39)13-14-23(33)34/h3-12,17,20-22,24H,13-16,29H2,1-2H3,(H,30,36)(H,31,37)(H,32,35)(H,33,34)(H,38,39). The summed E-state index contributed by atoms with van der Waals surface area (Å²) in [7, 11) is 0. The van der Waals surface area contributed by atoms with Crippen molar-refractivity contribution < 1.29 is 34.2 Å². The average Bonchev–Trinajstić information content (AvgIpc) is 2.89. The summed E-state index contributed by atoms with van der Waals surface area (Å²) in [4.78, 5) is 61.8. The van der Waals surface area contributed by atoms with E-state index >= 15 is 0 Å². The van der Waals surface area contributed by atoms with Crippen LogP contribution in [0.25, 0.3) is 0 Å². The molecule has 2 aromatic carbocycles. The highest BCUT2D eigenvalue weighted by Crippen LogP contribution is 2.09. The summed E-state index contributed by atoms with van der Waals surface area (Å²) in [6.45, 7) is 3.46. The van der Waals surface area contributed by atoms with E-state index in [2.05, 4.69) is 16.0 Å². The molecule has 2 aromatic rings. The molecular weight excluding hydrogens is 504 g/mol. The molecule has 3 amide bonds. The fourth-order valence-electron chi connectivity index (χ4n) is 3.87. The predicted octanol–water partition coefficient (Wildman–Crippen LogP) is 0.859. The van der Waals surface area contributed by atoms with Crippen molar-refractivity contribution in [1.82, 2.24) is 16.0 Å². The van der Waals surface area contributed by atoms with Crippen LogP contribution in [0.15, 0.2) is 60.7 Å². The number of carbonyl (C=O) groups excluding carboxylic acids is 3. The molecule has 0 aliphatic heterocycles. The van der Waals surface area contributed by atoms with E-state index in [9.17, 15) is 29.1 Å². The summed E-state index contributed by atoms with van der Waals surface area (Å²) in [5.74, 6) is -4.92. The first-order valence-electron chi connectivity index (χ1n) is 12.7. The highest BCUT2D eigenvalue weighted by molar-refractivity contribution is 5.94. The van der Waals surface area contributed by atoms with Gasteiger partial charge in [0.15, 0.2) is 0 Å². The van der Waals surface area contributed by atoms with Gasteiger partial charge in [0.25, 0.3) is 0 Å². The molecule has 0 aliphatic rings. The van der Waals surface area contributed by atoms with Gasteiger partial charge in [-0.1, -0.05) is 74.5 Å². The number of benzene rings is 2. The number of carboxylic acid groups (broad SMARTS) is 2. The van der Waals surface area contributed by atoms with E-state index in [1.807, 2.05) is 30.3 Å². The molecule has 7 N–H and O–H groups in total. The normalized spacial score (nSPS) is 13.9. The topological polar surface area (TPSA) is 188 Å². The van der Waals surface area contributed by atoms with E-state index in [1.165, 1.54) is 0 Å². The lowest BCUT2D eigenvalue weighted by Crippen LogP contribution is -2.59. The van der Waals surface area contributed by atoms with Crippen molar-refractivity contribution in [3.8, 4) is 0 Å². The van der Waals surface area contributed by atoms with Gasteiger partial charge in [-0.3, -0.25) is 19.2 Å². The van der Waals surface area contributed by atoms with Crippen molar-refractivity contribution in [2.45, 2.75) is 63.7 Å². The molecule has 11 heteroatoms. The maximum absolute atomic E-state index is 13.3. The molecule has 210 valence electrons. The Balaban J connectivity index is 2.17. The lowest BCUT2D eigenvalue weighted by atomic mass is 9.99. The number of rotatable bonds is 15. The van der Waals surface area contributed by atoms with Crippen LogP contribution in [0.3, 0.4) is 0 Å². The van der Waals surface area contributed by atoms with Gasteiger partial charge >= 0.3 is 11.9 Å². The maximum atomic E-state index is 13.3. The molecule has 0 bridgehead atoms. The van der Waals surface area contributed by atoms with Crippen molar-refractivity contribution in [1.29, 1.82) is 0 Å². The second-order valence-corrected chi connectivity index (χ2v) is 9.61. The molecule has 0 spiro atoms. The fraction of sp³-hybridized carbons (Fsp3) is 0.393. The zero-order valence-corrected chi connectivity index (χ0v) is 22.0. The Morgan fingerprint density at radius 3 is 1.72 bits per heavy atom. The number of hydrogen-bond acceptors (Lipinski definition) is 6. The van der Waals surface area contributed by atoms with Gasteiger partial charge in [0.05, 0.1) is 6.04 Å². The highest BCUT2D eigenvalue weighted by Gasteiger charge is 2.32. The summed E-state index contributed by atoms with van der Waals surface area (Å²) in [5, 5.41) is 26.0. The quantitative estimate of drug-likeness (QED) is 0.192. The first-order chi connectivity index (χ1) is 18.5. The Hall–Kier alpha value is -4.25. The number of carboxylic acids is 2. The SMILES string of the molecule is CC(C)C(NC(=O)C(N)Cc1ccccc1)C(=O)NC(Cc1ccccc1)C(=O)NC(CCC(=O)O)C(=O)O. The first kappa shape index (κ1) is 31.0. The molecule has 4 unspecified atom stereocenters. The Morgan fingerprint density at radius 1 is 0.718 bits per heavy atom. The molecule has 0 saturated carbocycles. The van der Waals surface area contributed by atoms with Gasteiger partial charge < -0.3 is 31.9 Å². The van der Waals surface area contributed by atoms with Crippen LogP contribution < -0.4 is 21.7 Å². The van der Waals surface area contributed by atoms with Crippen LogP contribution in [-0.2, 0) is 36.8 Å². The first-order valence-corrected chi connectivity index (χ1v) is 12.7. The number of amides is 3. The summed E-state index contributed by atoms with van der Waals surface area (Å²) < 4.78 is 0. The van der Waals surface area contributed by atoms with Crippen LogP contribution in [0.4, 0.5) is 0 Å². The molecule has 0 saturated heterocycles. The number of nitrogens with one attached hydrogen (secondary N) is 3. The molecule has 4 atom stereocenters. The second-order valence-electron chi connectivity index (χ2n) is 9.61. The number of nitrogens with two attached hydrogens (primary N) is 1. The van der Waals surface area contributed by atoms with Crippen LogP contribution in [0.5, 0.6) is 0 Å². The molecule has 0 aliphatic carbocycles. The summed E-state index contributed by atoms with van der Waals surface area (Å²) in [6, 6.07) is 13.4. The van der Waals surface area contributed by atoms with E-state index in [0.717, 1.165) is 5.56 Å². The van der Waals surface area contributed by atoms with Crippen molar-refractivity contribution in [3.05, 3.63) is 71.8 Å². The van der Waals surface area contributed by atoms with Gasteiger partial charge in [-0.25, -0.2) is 4.79 Å². The summed E-state index contributed by atoms with van der Waals surface area (Å²) in [5.41, 5.74) is 7.64. The molecule has 0 fully saturated rings. The van der Waals surface area contributed by atoms with E-state index in [4.69, 9.17) is 10.8 Å². The molecule has 2 rings (SSSR count). The zero-order chi connectivity index (χ0) is 28.9. The van der Waals surface area contributed by atoms with Crippen LogP contribution in [-0.4, -0.2) is 64.0 Å². The van der Waals surface area contributed by atoms with Crippen LogP contribution in [0.2, 0.25) is 0 Å². The molecule has 39 heavy (non-hydrogen) atoms. The monoisotopic (exact) mass is 540 g/mol. The van der Waals surface area contributed by atoms with Crippen molar-refractivity contribution in [2.75, 3.05) is 0 Å². The van der Waals surface area contributed by atoms with Crippen LogP contribution in [0.1, 0.15) is 37.8 Å². The average molecular weight is 541 g/mol. The lowest BCUT2D eigenvalue weighted by molar-refractivity contribution is -0.143. The van der Waals surface area contributed by atoms with E-state index < -0.39 is 60.2 Å². The third-order valence-electron chi connectivity index (χ3n) is 6.06. The third-order valence-corrected chi connectivity index (χ3v) is 6.06. The minimum atomic E-state index is -1.46. The van der Waals surface area contributed by atoms with E-state index in [0.29, 0.717) is 5.56 Å². The summed E-state index contributed by atoms with van der Waals surface area (Å²) in [6.07, 6.45) is -0.481. The lowest BCUT2D eigenvalue weighted by Gasteiger charge is -2.27. The van der Waals surface area contributed by atoms with Crippen LogP contribution >= 0.6 is 0 Å². The molecule has 0 aromatic heterocycles. The van der Waals surface area contributed by atoms with Gasteiger partial charge in [-0.2, -0.15) is 0 Å². The van der Waals surface area contributed by atoms with Crippen molar-refractivity contribution >= 4 is 29.7 Å². The van der Waals surface area contributed by atoms with Crippen molar-refractivity contribution in [2.24, 2.45) is 11.7 Å². The van der Waals surface area contributed by atoms with Gasteiger partial charge in [0.1, 0.15) is 18.1 Å². The molecule has 0 heterocycles. The van der Waals surface area contributed by atoms with E-state index in [-0.39, 0.29) is 25.2 Å². The number of aliphatic carboxylic acids is 2. The Bertz CT molecular complexity index is 1130. The largest absolute Gasteiger partial charge is 0.481 e. The third kappa shape index (κ3) is 10.6. The Morgan fingerprint density at radius 2 is 1.23 bits per heavy atom. The zero-order valence-electron chi connectivity index (χ0n) is 22.0. The van der Waals surface area contributed by atoms with E-state index in [1.54, 1.807) is 44.2 Å². The Labute approximate surface area is 227 Å². The molecular formula is C28H36N4O7. The van der Waals surface area contributed by atoms with Gasteiger partial charge in [0.2, 0.25) is 17.7 Å². The summed E-state index contributed by atoms with van der Waals surface area (Å²) >= 11 is 0. The highest BCUT2D eigenvalue weighted by atomic mass is 16.4. The van der Waals surface area contributed by atoms with Crippen LogP contribution in [0, 0.1) is 5.92 Å². The van der Waals surface area contributed by atoms with Gasteiger partial charge in [-0.15, -0.1) is 0 Å². The minimum Gasteiger partial charge on any atom is -0.481 e.